The van der Waals surface area contributed by atoms with E-state index in [0.717, 1.165) is 17.3 Å². The van der Waals surface area contributed by atoms with Gasteiger partial charge in [-0.15, -0.1) is 0 Å². The molecule has 2 rings (SSSR count). The van der Waals surface area contributed by atoms with E-state index in [1.54, 1.807) is 0 Å². The molecular weight excluding hydrogens is 254 g/mol. The molecule has 0 amide bonds. The molecule has 0 saturated heterocycles. The lowest BCUT2D eigenvalue weighted by atomic mass is 10.1. The van der Waals surface area contributed by atoms with E-state index < -0.39 is 11.6 Å². The molecule has 2 aromatic rings. The van der Waals surface area contributed by atoms with Crippen LogP contribution in [0, 0.1) is 30.1 Å². The number of rotatable bonds is 2. The third kappa shape index (κ3) is 2.79. The number of aromatic nitrogens is 2. The van der Waals surface area contributed by atoms with E-state index >= 15 is 0 Å². The number of aromatic amines is 1. The van der Waals surface area contributed by atoms with Crippen molar-refractivity contribution in [2.75, 3.05) is 0 Å². The maximum Gasteiger partial charge on any atom is 0.132 e. The van der Waals surface area contributed by atoms with Crippen LogP contribution >= 0.6 is 12.2 Å². The van der Waals surface area contributed by atoms with Gasteiger partial charge in [-0.05, 0) is 31.5 Å². The largest absolute Gasteiger partial charge is 0.347 e. The second-order valence-corrected chi connectivity index (χ2v) is 4.58. The average Bonchev–Trinajstić information content (AvgIpc) is 2.24. The van der Waals surface area contributed by atoms with Gasteiger partial charge in [0.05, 0.1) is 0 Å². The summed E-state index contributed by atoms with van der Waals surface area (Å²) in [6.07, 6.45) is 0.319. The Bertz CT molecular complexity index is 630. The molecule has 0 aliphatic rings. The summed E-state index contributed by atoms with van der Waals surface area (Å²) in [5.74, 6) is -0.576. The molecule has 1 heterocycles. The maximum atomic E-state index is 13.1. The highest BCUT2D eigenvalue weighted by Crippen LogP contribution is 2.12. The van der Waals surface area contributed by atoms with Gasteiger partial charge >= 0.3 is 0 Å². The van der Waals surface area contributed by atoms with E-state index in [4.69, 9.17) is 12.2 Å². The molecule has 18 heavy (non-hydrogen) atoms. The molecule has 0 radical (unpaired) electrons. The highest BCUT2D eigenvalue weighted by molar-refractivity contribution is 7.71. The summed E-state index contributed by atoms with van der Waals surface area (Å²) in [5, 5.41) is 0. The lowest BCUT2D eigenvalue weighted by molar-refractivity contribution is 0.580. The Hall–Kier alpha value is -1.62. The van der Waals surface area contributed by atoms with Gasteiger partial charge in [0, 0.05) is 23.7 Å². The fourth-order valence-electron chi connectivity index (χ4n) is 1.70. The Kier molecular flexibility index (Phi) is 3.52. The van der Waals surface area contributed by atoms with Gasteiger partial charge in [0.1, 0.15) is 22.1 Å². The van der Waals surface area contributed by atoms with Crippen molar-refractivity contribution in [2.45, 2.75) is 20.3 Å². The van der Waals surface area contributed by atoms with Gasteiger partial charge in [-0.1, -0.05) is 12.2 Å². The number of aryl methyl sites for hydroxylation is 1. The Balaban J connectivity index is 2.37. The van der Waals surface area contributed by atoms with E-state index in [2.05, 4.69) is 9.97 Å². The third-order valence-electron chi connectivity index (χ3n) is 2.75. The average molecular weight is 266 g/mol. The summed E-state index contributed by atoms with van der Waals surface area (Å²) in [4.78, 5) is 7.28. The summed E-state index contributed by atoms with van der Waals surface area (Å²) in [6, 6.07) is 3.42. The number of benzene rings is 1. The first-order valence-corrected chi connectivity index (χ1v) is 5.88. The zero-order chi connectivity index (χ0) is 13.3. The zero-order valence-corrected chi connectivity index (χ0v) is 10.9. The van der Waals surface area contributed by atoms with Gasteiger partial charge in [0.15, 0.2) is 0 Å². The van der Waals surface area contributed by atoms with Gasteiger partial charge in [0.2, 0.25) is 0 Å². The molecule has 0 unspecified atom stereocenters. The minimum absolute atomic E-state index is 0.319. The van der Waals surface area contributed by atoms with Crippen molar-refractivity contribution in [3.05, 3.63) is 57.1 Å². The Morgan fingerprint density at radius 1 is 1.17 bits per heavy atom. The van der Waals surface area contributed by atoms with Crippen LogP contribution in [0.3, 0.4) is 0 Å². The lowest BCUT2D eigenvalue weighted by Crippen LogP contribution is -2.02. The Morgan fingerprint density at radius 2 is 1.78 bits per heavy atom. The van der Waals surface area contributed by atoms with Crippen LogP contribution in [0.4, 0.5) is 8.78 Å². The van der Waals surface area contributed by atoms with Crippen LogP contribution in [-0.2, 0) is 6.42 Å². The molecule has 5 heteroatoms. The predicted molar refractivity (Wildman–Crippen MR) is 68.1 cm³/mol. The third-order valence-corrected chi connectivity index (χ3v) is 3.14. The van der Waals surface area contributed by atoms with Gasteiger partial charge in [-0.25, -0.2) is 13.8 Å². The highest BCUT2D eigenvalue weighted by atomic mass is 32.1. The second kappa shape index (κ2) is 4.94. The van der Waals surface area contributed by atoms with Gasteiger partial charge in [0.25, 0.3) is 0 Å². The molecule has 1 aromatic heterocycles. The summed E-state index contributed by atoms with van der Waals surface area (Å²) in [7, 11) is 0. The van der Waals surface area contributed by atoms with Crippen molar-refractivity contribution in [2.24, 2.45) is 0 Å². The van der Waals surface area contributed by atoms with Gasteiger partial charge < -0.3 is 4.98 Å². The molecular formula is C13H12F2N2S. The molecule has 0 aliphatic heterocycles. The number of hydrogen-bond donors (Lipinski definition) is 1. The number of hydrogen-bond acceptors (Lipinski definition) is 2. The first-order valence-electron chi connectivity index (χ1n) is 5.47. The fraction of sp³-hybridized carbons (Fsp3) is 0.231. The first-order chi connectivity index (χ1) is 8.45. The van der Waals surface area contributed by atoms with Crippen molar-refractivity contribution in [1.29, 1.82) is 0 Å². The van der Waals surface area contributed by atoms with Crippen molar-refractivity contribution in [3.63, 3.8) is 0 Å². The van der Waals surface area contributed by atoms with E-state index in [0.29, 0.717) is 22.4 Å². The molecule has 0 fully saturated rings. The van der Waals surface area contributed by atoms with Crippen molar-refractivity contribution >= 4 is 12.2 Å². The molecule has 0 aliphatic carbocycles. The number of nitrogens with zero attached hydrogens (tertiary/aromatic N) is 1. The molecule has 1 N–H and O–H groups in total. The van der Waals surface area contributed by atoms with Crippen LogP contribution in [-0.4, -0.2) is 9.97 Å². The molecule has 0 atom stereocenters. The Morgan fingerprint density at radius 3 is 2.33 bits per heavy atom. The summed E-state index contributed by atoms with van der Waals surface area (Å²) >= 11 is 5.12. The van der Waals surface area contributed by atoms with Crippen molar-refractivity contribution in [3.8, 4) is 0 Å². The standard InChI is InChI=1S/C13H12F2N2S/c1-7-8(2)16-12(17-13(7)18)5-9-3-10(14)6-11(15)4-9/h3-4,6H,5H2,1-2H3,(H,16,17,18). The molecule has 0 bridgehead atoms. The minimum Gasteiger partial charge on any atom is -0.347 e. The van der Waals surface area contributed by atoms with Crippen LogP contribution < -0.4 is 0 Å². The molecule has 0 saturated carbocycles. The van der Waals surface area contributed by atoms with Crippen LogP contribution in [0.1, 0.15) is 22.6 Å². The number of halogens is 2. The van der Waals surface area contributed by atoms with Crippen molar-refractivity contribution in [1.82, 2.24) is 9.97 Å². The van der Waals surface area contributed by atoms with E-state index in [1.807, 2.05) is 13.8 Å². The lowest BCUT2D eigenvalue weighted by Gasteiger charge is -2.06. The SMILES string of the molecule is Cc1[nH]c(Cc2cc(F)cc(F)c2)nc(=S)c1C. The molecule has 2 nitrogen and oxygen atoms in total. The van der Waals surface area contributed by atoms with Crippen molar-refractivity contribution < 1.29 is 8.78 Å². The zero-order valence-electron chi connectivity index (χ0n) is 10.1. The number of nitrogens with one attached hydrogen (secondary N) is 1. The monoisotopic (exact) mass is 266 g/mol. The van der Waals surface area contributed by atoms with Crippen LogP contribution in [0.2, 0.25) is 0 Å². The maximum absolute atomic E-state index is 13.1. The topological polar surface area (TPSA) is 28.7 Å². The summed E-state index contributed by atoms with van der Waals surface area (Å²) in [6.45, 7) is 3.77. The van der Waals surface area contributed by atoms with E-state index in [-0.39, 0.29) is 0 Å². The van der Waals surface area contributed by atoms with Crippen LogP contribution in [0.5, 0.6) is 0 Å². The van der Waals surface area contributed by atoms with Gasteiger partial charge in [-0.3, -0.25) is 0 Å². The second-order valence-electron chi connectivity index (χ2n) is 4.19. The normalized spacial score (nSPS) is 10.7. The summed E-state index contributed by atoms with van der Waals surface area (Å²) in [5.41, 5.74) is 2.36. The highest BCUT2D eigenvalue weighted by Gasteiger charge is 2.05. The minimum atomic E-state index is -0.590. The smallest absolute Gasteiger partial charge is 0.132 e. The summed E-state index contributed by atoms with van der Waals surface area (Å²) < 4.78 is 26.6. The quantitative estimate of drug-likeness (QED) is 0.841. The van der Waals surface area contributed by atoms with Crippen LogP contribution in [0.15, 0.2) is 18.2 Å². The predicted octanol–water partition coefficient (Wildman–Crippen LogP) is 3.63. The number of H-pyrrole nitrogens is 1. The fourth-order valence-corrected chi connectivity index (χ4v) is 1.96. The van der Waals surface area contributed by atoms with Crippen LogP contribution in [0.25, 0.3) is 0 Å². The van der Waals surface area contributed by atoms with E-state index in [1.165, 1.54) is 12.1 Å². The molecule has 1 aromatic carbocycles. The molecule has 94 valence electrons. The van der Waals surface area contributed by atoms with Gasteiger partial charge in [-0.2, -0.15) is 0 Å². The molecule has 0 spiro atoms. The van der Waals surface area contributed by atoms with E-state index in [9.17, 15) is 8.78 Å². The first kappa shape index (κ1) is 12.8. The Labute approximate surface area is 109 Å².